The molecule has 0 bridgehead atoms. The molecule has 0 unspecified atom stereocenters. The van der Waals surface area contributed by atoms with Crippen molar-refractivity contribution in [3.63, 3.8) is 0 Å². The van der Waals surface area contributed by atoms with Gasteiger partial charge in [-0.25, -0.2) is 4.68 Å². The number of carbonyl (C=O) groups excluding carboxylic acids is 1. The number of ether oxygens (including phenoxy) is 1. The lowest BCUT2D eigenvalue weighted by Gasteiger charge is -2.29. The number of carbonyl (C=O) groups is 1. The van der Waals surface area contributed by atoms with Crippen LogP contribution < -0.4 is 10.1 Å². The Labute approximate surface area is 159 Å². The highest BCUT2D eigenvalue weighted by Crippen LogP contribution is 2.40. The van der Waals surface area contributed by atoms with E-state index in [9.17, 15) is 4.79 Å². The van der Waals surface area contributed by atoms with Crippen LogP contribution in [0.3, 0.4) is 0 Å². The van der Waals surface area contributed by atoms with Gasteiger partial charge in [0.05, 0.1) is 29.7 Å². The minimum atomic E-state index is -0.0850. The second kappa shape index (κ2) is 6.58. The van der Waals surface area contributed by atoms with Crippen LogP contribution in [-0.2, 0) is 6.42 Å². The molecule has 3 aromatic rings. The van der Waals surface area contributed by atoms with Gasteiger partial charge in [0.25, 0.3) is 0 Å². The number of aromatic nitrogens is 2. The number of hydrogen-bond acceptors (Lipinski definition) is 4. The molecule has 1 aliphatic rings. The van der Waals surface area contributed by atoms with E-state index >= 15 is 0 Å². The molecule has 1 heterocycles. The van der Waals surface area contributed by atoms with Crippen LogP contribution >= 0.6 is 0 Å². The molecule has 2 aromatic carbocycles. The van der Waals surface area contributed by atoms with Crippen LogP contribution in [0.4, 0.5) is 11.5 Å². The van der Waals surface area contributed by atoms with Crippen LogP contribution in [0.2, 0.25) is 0 Å². The zero-order chi connectivity index (χ0) is 19.0. The summed E-state index contributed by atoms with van der Waals surface area (Å²) in [6, 6.07) is 17.6. The van der Waals surface area contributed by atoms with Crippen molar-refractivity contribution in [1.82, 2.24) is 9.78 Å². The summed E-state index contributed by atoms with van der Waals surface area (Å²) in [6.45, 7) is 4.26. The van der Waals surface area contributed by atoms with E-state index in [-0.39, 0.29) is 11.2 Å². The Bertz CT molecular complexity index is 990. The van der Waals surface area contributed by atoms with Crippen LogP contribution in [0.15, 0.2) is 54.6 Å². The fourth-order valence-electron chi connectivity index (χ4n) is 3.69. The van der Waals surface area contributed by atoms with E-state index < -0.39 is 0 Å². The molecular formula is C22H23N3O2. The van der Waals surface area contributed by atoms with Gasteiger partial charge < -0.3 is 10.1 Å². The maximum atomic E-state index is 13.0. The van der Waals surface area contributed by atoms with Gasteiger partial charge >= 0.3 is 0 Å². The predicted molar refractivity (Wildman–Crippen MR) is 106 cm³/mol. The number of anilines is 2. The van der Waals surface area contributed by atoms with Crippen LogP contribution in [0.5, 0.6) is 5.75 Å². The first kappa shape index (κ1) is 17.3. The number of ketones is 1. The van der Waals surface area contributed by atoms with Crippen molar-refractivity contribution in [2.75, 3.05) is 12.4 Å². The fraction of sp³-hybridized carbons (Fsp3) is 0.273. The SMILES string of the molecule is COc1ccccc1Nc1nn(-c2ccccc2)c2c1C(=O)CC(C)(C)C2. The van der Waals surface area contributed by atoms with E-state index in [0.29, 0.717) is 23.6 Å². The molecule has 138 valence electrons. The van der Waals surface area contributed by atoms with Gasteiger partial charge in [0.2, 0.25) is 0 Å². The summed E-state index contributed by atoms with van der Waals surface area (Å²) in [5, 5.41) is 8.10. The second-order valence-corrected chi connectivity index (χ2v) is 7.68. The maximum absolute atomic E-state index is 13.0. The van der Waals surface area contributed by atoms with Crippen LogP contribution in [0, 0.1) is 5.41 Å². The third-order valence-corrected chi connectivity index (χ3v) is 4.91. The smallest absolute Gasteiger partial charge is 0.169 e. The molecule has 27 heavy (non-hydrogen) atoms. The molecule has 0 aliphatic heterocycles. The van der Waals surface area contributed by atoms with E-state index in [1.54, 1.807) is 7.11 Å². The second-order valence-electron chi connectivity index (χ2n) is 7.68. The van der Waals surface area contributed by atoms with Crippen molar-refractivity contribution in [3.8, 4) is 11.4 Å². The molecular weight excluding hydrogens is 338 g/mol. The average molecular weight is 361 g/mol. The van der Waals surface area contributed by atoms with Crippen LogP contribution in [-0.4, -0.2) is 22.7 Å². The number of nitrogens with zero attached hydrogens (tertiary/aromatic N) is 2. The Kier molecular flexibility index (Phi) is 4.22. The maximum Gasteiger partial charge on any atom is 0.169 e. The lowest BCUT2D eigenvalue weighted by molar-refractivity contribution is 0.0912. The number of nitrogens with one attached hydrogen (secondary N) is 1. The van der Waals surface area contributed by atoms with Gasteiger partial charge in [0.15, 0.2) is 11.6 Å². The normalized spacial score (nSPS) is 15.3. The van der Waals surface area contributed by atoms with E-state index in [1.807, 2.05) is 59.3 Å². The zero-order valence-electron chi connectivity index (χ0n) is 15.8. The molecule has 5 nitrogen and oxygen atoms in total. The molecule has 0 spiro atoms. The molecule has 0 fully saturated rings. The summed E-state index contributed by atoms with van der Waals surface area (Å²) in [4.78, 5) is 13.0. The standard InChI is InChI=1S/C22H23N3O2/c1-22(2)13-17-20(18(26)14-22)21(23-16-11-7-8-12-19(16)27-3)24-25(17)15-9-5-4-6-10-15/h4-12H,13-14H2,1-3H3,(H,23,24). The number of rotatable bonds is 4. The van der Waals surface area contributed by atoms with Gasteiger partial charge in [-0.3, -0.25) is 4.79 Å². The largest absolute Gasteiger partial charge is 0.495 e. The highest BCUT2D eigenvalue weighted by molar-refractivity contribution is 6.03. The van der Waals surface area contributed by atoms with Gasteiger partial charge in [0.1, 0.15) is 5.75 Å². The average Bonchev–Trinajstić information content (AvgIpc) is 3.00. The molecule has 0 saturated carbocycles. The van der Waals surface area contributed by atoms with E-state index in [4.69, 9.17) is 9.84 Å². The minimum absolute atomic E-state index is 0.0850. The molecule has 0 atom stereocenters. The Morgan fingerprint density at radius 1 is 1.04 bits per heavy atom. The van der Waals surface area contributed by atoms with Crippen molar-refractivity contribution in [3.05, 3.63) is 65.9 Å². The quantitative estimate of drug-likeness (QED) is 0.727. The molecule has 1 aromatic heterocycles. The van der Waals surface area contributed by atoms with Gasteiger partial charge in [-0.1, -0.05) is 44.2 Å². The topological polar surface area (TPSA) is 56.1 Å². The summed E-state index contributed by atoms with van der Waals surface area (Å²) in [7, 11) is 1.63. The number of benzene rings is 2. The third-order valence-electron chi connectivity index (χ3n) is 4.91. The lowest BCUT2D eigenvalue weighted by Crippen LogP contribution is -2.28. The summed E-state index contributed by atoms with van der Waals surface area (Å²) in [5.74, 6) is 1.42. The molecule has 4 rings (SSSR count). The summed E-state index contributed by atoms with van der Waals surface area (Å²) in [6.07, 6.45) is 1.31. The van der Waals surface area contributed by atoms with E-state index in [0.717, 1.165) is 23.5 Å². The van der Waals surface area contributed by atoms with Crippen molar-refractivity contribution in [2.24, 2.45) is 5.41 Å². The molecule has 5 heteroatoms. The van der Waals surface area contributed by atoms with Crippen molar-refractivity contribution in [2.45, 2.75) is 26.7 Å². The summed E-state index contributed by atoms with van der Waals surface area (Å²) in [5.41, 5.74) is 3.30. The highest BCUT2D eigenvalue weighted by Gasteiger charge is 2.37. The third kappa shape index (κ3) is 3.21. The summed E-state index contributed by atoms with van der Waals surface area (Å²) < 4.78 is 7.33. The van der Waals surface area contributed by atoms with Gasteiger partial charge in [-0.2, -0.15) is 0 Å². The highest BCUT2D eigenvalue weighted by atomic mass is 16.5. The minimum Gasteiger partial charge on any atom is -0.495 e. The fourth-order valence-corrected chi connectivity index (χ4v) is 3.69. The first-order valence-corrected chi connectivity index (χ1v) is 9.09. The van der Waals surface area contributed by atoms with Gasteiger partial charge in [-0.15, -0.1) is 5.10 Å². The molecule has 1 aliphatic carbocycles. The van der Waals surface area contributed by atoms with Crippen molar-refractivity contribution >= 4 is 17.3 Å². The monoisotopic (exact) mass is 361 g/mol. The van der Waals surface area contributed by atoms with Crippen molar-refractivity contribution < 1.29 is 9.53 Å². The Morgan fingerprint density at radius 2 is 1.74 bits per heavy atom. The van der Waals surface area contributed by atoms with Gasteiger partial charge in [-0.05, 0) is 36.1 Å². The molecule has 1 N–H and O–H groups in total. The van der Waals surface area contributed by atoms with Crippen LogP contribution in [0.25, 0.3) is 5.69 Å². The molecule has 0 amide bonds. The number of fused-ring (bicyclic) bond motifs is 1. The van der Waals surface area contributed by atoms with Crippen molar-refractivity contribution in [1.29, 1.82) is 0 Å². The number of methoxy groups -OCH3 is 1. The summed E-state index contributed by atoms with van der Waals surface area (Å²) >= 11 is 0. The van der Waals surface area contributed by atoms with Gasteiger partial charge in [0, 0.05) is 6.42 Å². The van der Waals surface area contributed by atoms with E-state index in [1.165, 1.54) is 0 Å². The Hall–Kier alpha value is -3.08. The number of Topliss-reactive ketones (excluding diaryl/α,β-unsaturated/α-hetero) is 1. The number of hydrogen-bond donors (Lipinski definition) is 1. The Balaban J connectivity index is 1.86. The van der Waals surface area contributed by atoms with Crippen LogP contribution in [0.1, 0.15) is 36.3 Å². The first-order chi connectivity index (χ1) is 13.0. The Morgan fingerprint density at radius 3 is 2.48 bits per heavy atom. The first-order valence-electron chi connectivity index (χ1n) is 9.09. The van der Waals surface area contributed by atoms with E-state index in [2.05, 4.69) is 19.2 Å². The lowest BCUT2D eigenvalue weighted by atomic mass is 9.76. The molecule has 0 saturated heterocycles. The molecule has 0 radical (unpaired) electrons. The predicted octanol–water partition coefficient (Wildman–Crippen LogP) is 4.78. The zero-order valence-corrected chi connectivity index (χ0v) is 15.8. The number of para-hydroxylation sites is 3.